The predicted molar refractivity (Wildman–Crippen MR) is 83.6 cm³/mol. The molecule has 0 radical (unpaired) electrons. The third kappa shape index (κ3) is 5.48. The minimum Gasteiger partial charge on any atom is -0.384 e. The highest BCUT2D eigenvalue weighted by molar-refractivity contribution is 7.89. The van der Waals surface area contributed by atoms with Gasteiger partial charge in [-0.2, -0.15) is 0 Å². The van der Waals surface area contributed by atoms with E-state index in [0.717, 1.165) is 25.9 Å². The maximum atomic E-state index is 12.1. The van der Waals surface area contributed by atoms with Gasteiger partial charge >= 0.3 is 0 Å². The minimum atomic E-state index is -3.42. The smallest absolute Gasteiger partial charge is 0.242 e. The van der Waals surface area contributed by atoms with Gasteiger partial charge in [-0.1, -0.05) is 19.1 Å². The molecular formula is C14H25N3O2S. The lowest BCUT2D eigenvalue weighted by Crippen LogP contribution is -2.24. The Kier molecular flexibility index (Phi) is 6.98. The number of nitrogens with one attached hydrogen (secondary N) is 2. The van der Waals surface area contributed by atoms with Gasteiger partial charge < -0.3 is 10.2 Å². The second-order valence-corrected chi connectivity index (χ2v) is 6.67. The lowest BCUT2D eigenvalue weighted by Gasteiger charge is -2.13. The summed E-state index contributed by atoms with van der Waals surface area (Å²) in [7, 11) is 0.677. The first-order valence-electron chi connectivity index (χ1n) is 6.94. The van der Waals surface area contributed by atoms with Gasteiger partial charge in [-0.3, -0.25) is 0 Å². The molecule has 0 heterocycles. The van der Waals surface area contributed by atoms with E-state index in [1.165, 1.54) is 0 Å². The van der Waals surface area contributed by atoms with Crippen molar-refractivity contribution < 1.29 is 8.42 Å². The van der Waals surface area contributed by atoms with Crippen LogP contribution in [0.15, 0.2) is 29.2 Å². The monoisotopic (exact) mass is 299 g/mol. The molecule has 20 heavy (non-hydrogen) atoms. The van der Waals surface area contributed by atoms with E-state index in [1.54, 1.807) is 25.1 Å². The van der Waals surface area contributed by atoms with Crippen molar-refractivity contribution in [2.45, 2.75) is 24.7 Å². The Morgan fingerprint density at radius 2 is 1.85 bits per heavy atom. The van der Waals surface area contributed by atoms with Crippen LogP contribution in [0.1, 0.15) is 19.8 Å². The average Bonchev–Trinajstić information content (AvgIpc) is 2.38. The lowest BCUT2D eigenvalue weighted by atomic mass is 10.2. The Labute approximate surface area is 122 Å². The Hall–Kier alpha value is -1.11. The van der Waals surface area contributed by atoms with E-state index >= 15 is 0 Å². The van der Waals surface area contributed by atoms with E-state index in [2.05, 4.69) is 14.9 Å². The molecule has 1 rings (SSSR count). The summed E-state index contributed by atoms with van der Waals surface area (Å²) in [6.07, 6.45) is 2.09. The van der Waals surface area contributed by atoms with Crippen molar-refractivity contribution in [1.82, 2.24) is 9.62 Å². The Morgan fingerprint density at radius 3 is 2.50 bits per heavy atom. The molecule has 5 nitrogen and oxygen atoms in total. The fourth-order valence-electron chi connectivity index (χ4n) is 1.89. The van der Waals surface area contributed by atoms with Gasteiger partial charge in [0.2, 0.25) is 10.0 Å². The van der Waals surface area contributed by atoms with Gasteiger partial charge in [0, 0.05) is 13.1 Å². The summed E-state index contributed by atoms with van der Waals surface area (Å²) in [5.74, 6) is 0. The quantitative estimate of drug-likeness (QED) is 0.682. The van der Waals surface area contributed by atoms with Crippen molar-refractivity contribution in [3.05, 3.63) is 24.3 Å². The van der Waals surface area contributed by atoms with Crippen LogP contribution in [0.2, 0.25) is 0 Å². The summed E-state index contributed by atoms with van der Waals surface area (Å²) < 4.78 is 26.7. The van der Waals surface area contributed by atoms with Crippen LogP contribution in [-0.4, -0.2) is 47.0 Å². The highest BCUT2D eigenvalue weighted by atomic mass is 32.2. The topological polar surface area (TPSA) is 61.4 Å². The number of benzene rings is 1. The predicted octanol–water partition coefficient (Wildman–Crippen LogP) is 1.74. The van der Waals surface area contributed by atoms with E-state index in [0.29, 0.717) is 17.1 Å². The molecule has 0 aliphatic rings. The zero-order valence-electron chi connectivity index (χ0n) is 12.5. The van der Waals surface area contributed by atoms with Gasteiger partial charge in [0.1, 0.15) is 4.90 Å². The molecule has 1 aromatic rings. The number of nitrogens with zero attached hydrogens (tertiary/aromatic N) is 1. The van der Waals surface area contributed by atoms with Gasteiger partial charge in [0.05, 0.1) is 5.69 Å². The third-order valence-corrected chi connectivity index (χ3v) is 4.46. The Bertz CT molecular complexity index is 501. The second kappa shape index (κ2) is 8.24. The van der Waals surface area contributed by atoms with Crippen LogP contribution in [0.3, 0.4) is 0 Å². The summed E-state index contributed by atoms with van der Waals surface area (Å²) in [5.41, 5.74) is 0.665. The van der Waals surface area contributed by atoms with Crippen molar-refractivity contribution in [2.24, 2.45) is 0 Å². The van der Waals surface area contributed by atoms with E-state index in [1.807, 2.05) is 20.2 Å². The van der Waals surface area contributed by atoms with E-state index in [4.69, 9.17) is 0 Å². The van der Waals surface area contributed by atoms with Crippen LogP contribution in [0, 0.1) is 0 Å². The molecule has 6 heteroatoms. The molecule has 0 fully saturated rings. The number of sulfonamides is 1. The van der Waals surface area contributed by atoms with Crippen molar-refractivity contribution in [3.8, 4) is 0 Å². The summed E-state index contributed by atoms with van der Waals surface area (Å²) in [6, 6.07) is 7.00. The fourth-order valence-corrected chi connectivity index (χ4v) is 3.11. The second-order valence-electron chi connectivity index (χ2n) is 4.93. The molecule has 0 unspecified atom stereocenters. The molecule has 0 saturated heterocycles. The zero-order valence-corrected chi connectivity index (χ0v) is 13.3. The number of anilines is 1. The molecule has 0 amide bonds. The Balaban J connectivity index is 2.63. The average molecular weight is 299 g/mol. The van der Waals surface area contributed by atoms with Crippen molar-refractivity contribution in [3.63, 3.8) is 0 Å². The standard InChI is InChI=1S/C14H25N3O2S/c1-4-16-20(18,19)14-10-6-5-9-13(14)15-11-7-8-12-17(2)3/h5-6,9-10,15-16H,4,7-8,11-12H2,1-3H3. The molecule has 0 bridgehead atoms. The molecule has 0 atom stereocenters. The summed E-state index contributed by atoms with van der Waals surface area (Å²) in [5, 5.41) is 3.21. The summed E-state index contributed by atoms with van der Waals surface area (Å²) in [6.45, 7) is 3.97. The SMILES string of the molecule is CCNS(=O)(=O)c1ccccc1NCCCCN(C)C. The molecule has 2 N–H and O–H groups in total. The summed E-state index contributed by atoms with van der Waals surface area (Å²) >= 11 is 0. The van der Waals surface area contributed by atoms with Crippen LogP contribution in [0.5, 0.6) is 0 Å². The number of rotatable bonds is 9. The Morgan fingerprint density at radius 1 is 1.15 bits per heavy atom. The number of hydrogen-bond acceptors (Lipinski definition) is 4. The highest BCUT2D eigenvalue weighted by Gasteiger charge is 2.16. The van der Waals surface area contributed by atoms with Crippen LogP contribution in [-0.2, 0) is 10.0 Å². The van der Waals surface area contributed by atoms with Crippen LogP contribution in [0.4, 0.5) is 5.69 Å². The van der Waals surface area contributed by atoms with Gasteiger partial charge in [0.25, 0.3) is 0 Å². The maximum Gasteiger partial charge on any atom is 0.242 e. The van der Waals surface area contributed by atoms with Gasteiger partial charge in [-0.25, -0.2) is 13.1 Å². The molecule has 0 spiro atoms. The van der Waals surface area contributed by atoms with Crippen molar-refractivity contribution in [1.29, 1.82) is 0 Å². The van der Waals surface area contributed by atoms with Crippen LogP contribution in [0.25, 0.3) is 0 Å². The van der Waals surface area contributed by atoms with Gasteiger partial charge in [-0.05, 0) is 45.6 Å². The van der Waals surface area contributed by atoms with Crippen molar-refractivity contribution >= 4 is 15.7 Å². The largest absolute Gasteiger partial charge is 0.384 e. The minimum absolute atomic E-state index is 0.314. The fraction of sp³-hybridized carbons (Fsp3) is 0.571. The van der Waals surface area contributed by atoms with E-state index < -0.39 is 10.0 Å². The molecule has 0 saturated carbocycles. The molecule has 0 aliphatic carbocycles. The first kappa shape index (κ1) is 16.9. The first-order valence-corrected chi connectivity index (χ1v) is 8.43. The number of para-hydroxylation sites is 1. The van der Waals surface area contributed by atoms with Crippen LogP contribution < -0.4 is 10.0 Å². The van der Waals surface area contributed by atoms with Crippen LogP contribution >= 0.6 is 0 Å². The van der Waals surface area contributed by atoms with E-state index in [-0.39, 0.29) is 0 Å². The van der Waals surface area contributed by atoms with Crippen molar-refractivity contribution in [2.75, 3.05) is 39.0 Å². The zero-order chi connectivity index (χ0) is 15.0. The molecule has 114 valence electrons. The maximum absolute atomic E-state index is 12.1. The first-order chi connectivity index (χ1) is 9.47. The van der Waals surface area contributed by atoms with Gasteiger partial charge in [-0.15, -0.1) is 0 Å². The number of unbranched alkanes of at least 4 members (excludes halogenated alkanes) is 1. The molecule has 1 aromatic carbocycles. The van der Waals surface area contributed by atoms with E-state index in [9.17, 15) is 8.42 Å². The molecule has 0 aromatic heterocycles. The molecular weight excluding hydrogens is 274 g/mol. The number of hydrogen-bond donors (Lipinski definition) is 2. The highest BCUT2D eigenvalue weighted by Crippen LogP contribution is 2.20. The normalized spacial score (nSPS) is 11.8. The van der Waals surface area contributed by atoms with Gasteiger partial charge in [0.15, 0.2) is 0 Å². The third-order valence-electron chi connectivity index (χ3n) is 2.86. The summed E-state index contributed by atoms with van der Waals surface area (Å²) in [4.78, 5) is 2.46. The molecule has 0 aliphatic heterocycles. The lowest BCUT2D eigenvalue weighted by molar-refractivity contribution is 0.396.